The average Bonchev–Trinajstić information content (AvgIpc) is 3.02. The fraction of sp³-hybridized carbons (Fsp3) is 0.348. The van der Waals surface area contributed by atoms with Crippen LogP contribution < -0.4 is 9.47 Å². The molecule has 0 aliphatic carbocycles. The lowest BCUT2D eigenvalue weighted by Gasteiger charge is -2.38. The first kappa shape index (κ1) is 24.5. The Morgan fingerprint density at radius 1 is 1.16 bits per heavy atom. The van der Waals surface area contributed by atoms with E-state index >= 15 is 0 Å². The smallest absolute Gasteiger partial charge is 0.374 e. The molecule has 1 atom stereocenters. The van der Waals surface area contributed by atoms with Gasteiger partial charge in [-0.3, -0.25) is 0 Å². The van der Waals surface area contributed by atoms with Crippen LogP contribution in [-0.4, -0.2) is 33.3 Å². The lowest BCUT2D eigenvalue weighted by atomic mass is 10.2. The van der Waals surface area contributed by atoms with Crippen LogP contribution in [0, 0.1) is 0 Å². The third kappa shape index (κ3) is 5.80. The molecule has 0 fully saturated rings. The van der Waals surface area contributed by atoms with Crippen molar-refractivity contribution in [3.8, 4) is 0 Å². The highest BCUT2D eigenvalue weighted by Crippen LogP contribution is 2.24. The molecule has 3 rings (SSSR count). The molecule has 9 heteroatoms. The van der Waals surface area contributed by atoms with E-state index in [1.807, 2.05) is 18.2 Å². The third-order valence-corrected chi connectivity index (χ3v) is 9.31. The van der Waals surface area contributed by atoms with Gasteiger partial charge in [-0.25, -0.2) is 8.42 Å². The minimum Gasteiger partial charge on any atom is -0.743 e. The Morgan fingerprint density at radius 2 is 1.81 bits per heavy atom. The maximum atomic E-state index is 11.4. The van der Waals surface area contributed by atoms with E-state index in [4.69, 9.17) is 16.0 Å². The summed E-state index contributed by atoms with van der Waals surface area (Å²) in [5.74, 6) is -0.479. The molecule has 0 spiro atoms. The number of oxazole rings is 1. The molecule has 0 radical (unpaired) electrons. The number of hydrogen-bond acceptors (Lipinski definition) is 5. The zero-order valence-electron chi connectivity index (χ0n) is 19.0. The largest absolute Gasteiger partial charge is 0.743 e. The fourth-order valence-electron chi connectivity index (χ4n) is 3.58. The van der Waals surface area contributed by atoms with E-state index in [1.54, 1.807) is 24.3 Å². The second-order valence-electron chi connectivity index (χ2n) is 8.92. The number of benzene rings is 2. The summed E-state index contributed by atoms with van der Waals surface area (Å²) in [4.78, 5) is 2.43. The van der Waals surface area contributed by atoms with Crippen molar-refractivity contribution in [3.05, 3.63) is 58.9 Å². The van der Waals surface area contributed by atoms with Crippen molar-refractivity contribution in [2.75, 3.05) is 11.4 Å². The molecule has 2 aromatic carbocycles. The zero-order chi connectivity index (χ0) is 23.7. The lowest BCUT2D eigenvalue weighted by molar-refractivity contribution is -0.658. The van der Waals surface area contributed by atoms with E-state index < -0.39 is 24.1 Å². The molecule has 0 saturated carbocycles. The molecule has 6 nitrogen and oxygen atoms in total. The normalized spacial score (nSPS) is 13.7. The predicted octanol–water partition coefficient (Wildman–Crippen LogP) is 5.14. The van der Waals surface area contributed by atoms with Gasteiger partial charge in [0.25, 0.3) is 5.52 Å². The highest BCUT2D eigenvalue weighted by molar-refractivity contribution is 7.84. The monoisotopic (exact) mass is 492 g/mol. The van der Waals surface area contributed by atoms with Crippen molar-refractivity contribution in [1.29, 1.82) is 0 Å². The summed E-state index contributed by atoms with van der Waals surface area (Å²) in [6.45, 7) is 12.5. The van der Waals surface area contributed by atoms with Crippen molar-refractivity contribution < 1.29 is 22.0 Å². The van der Waals surface area contributed by atoms with Crippen LogP contribution in [0.2, 0.25) is 24.7 Å². The summed E-state index contributed by atoms with van der Waals surface area (Å²) in [5, 5.41) is 0.425. The molecule has 0 amide bonds. The summed E-state index contributed by atoms with van der Waals surface area (Å²) in [6.07, 6.45) is 3.49. The summed E-state index contributed by atoms with van der Waals surface area (Å²) in [5.41, 5.74) is 3.51. The Bertz CT molecular complexity index is 1230. The van der Waals surface area contributed by atoms with Crippen LogP contribution in [0.3, 0.4) is 0 Å². The van der Waals surface area contributed by atoms with Crippen LogP contribution in [0.5, 0.6) is 0 Å². The van der Waals surface area contributed by atoms with Crippen LogP contribution >= 0.6 is 11.6 Å². The van der Waals surface area contributed by atoms with Crippen LogP contribution in [0.4, 0.5) is 5.69 Å². The van der Waals surface area contributed by atoms with Gasteiger partial charge < -0.3 is 13.9 Å². The molecule has 1 unspecified atom stereocenters. The molecule has 0 N–H and O–H groups in total. The molecule has 0 saturated heterocycles. The van der Waals surface area contributed by atoms with Crippen LogP contribution in [0.15, 0.2) is 46.9 Å². The molecule has 32 heavy (non-hydrogen) atoms. The molecular weight excluding hydrogens is 464 g/mol. The van der Waals surface area contributed by atoms with Gasteiger partial charge in [-0.05, 0) is 49.8 Å². The van der Waals surface area contributed by atoms with Gasteiger partial charge in [0.1, 0.15) is 0 Å². The van der Waals surface area contributed by atoms with E-state index in [-0.39, 0.29) is 5.89 Å². The molecule has 172 valence electrons. The molecular formula is C23H29ClN2O4SSi. The van der Waals surface area contributed by atoms with Gasteiger partial charge in [-0.1, -0.05) is 43.4 Å². The fourth-order valence-corrected chi connectivity index (χ4v) is 5.60. The van der Waals surface area contributed by atoms with Crippen LogP contribution in [0.1, 0.15) is 25.3 Å². The highest BCUT2D eigenvalue weighted by Gasteiger charge is 2.27. The van der Waals surface area contributed by atoms with E-state index in [0.717, 1.165) is 12.1 Å². The molecule has 3 aromatic rings. The Labute approximate surface area is 195 Å². The van der Waals surface area contributed by atoms with Gasteiger partial charge in [0, 0.05) is 29.0 Å². The Balaban J connectivity index is 1.92. The number of anilines is 1. The van der Waals surface area contributed by atoms with Gasteiger partial charge >= 0.3 is 5.89 Å². The lowest BCUT2D eigenvalue weighted by Crippen LogP contribution is -2.49. The number of hydrogen-bond donors (Lipinski definition) is 0. The number of halogens is 1. The number of aromatic nitrogens is 1. The van der Waals surface area contributed by atoms with E-state index in [2.05, 4.69) is 50.5 Å². The van der Waals surface area contributed by atoms with Crippen molar-refractivity contribution in [1.82, 2.24) is 0 Å². The molecule has 0 bridgehead atoms. The van der Waals surface area contributed by atoms with Gasteiger partial charge in [-0.2, -0.15) is 0 Å². The standard InChI is InChI=1S/C23H29ClN2O4SSi/c1-6-25(17(2)32(3,4)5)20-11-7-18(8-12-20)9-14-23-26(16-31(27,28)29)21-15-19(24)10-13-22(21)30-23/h7-15,17H,6,16H2,1-5H3. The quantitative estimate of drug-likeness (QED) is 0.247. The van der Waals surface area contributed by atoms with E-state index in [9.17, 15) is 13.0 Å². The van der Waals surface area contributed by atoms with Crippen molar-refractivity contribution in [3.63, 3.8) is 0 Å². The first-order chi connectivity index (χ1) is 14.9. The highest BCUT2D eigenvalue weighted by atomic mass is 35.5. The van der Waals surface area contributed by atoms with Crippen molar-refractivity contribution >= 4 is 58.7 Å². The molecule has 0 aliphatic heterocycles. The van der Waals surface area contributed by atoms with Gasteiger partial charge in [0.15, 0.2) is 10.1 Å². The SMILES string of the molecule is CCN(c1ccc(/C=C/c2oc3ccc(Cl)cc3[n+]2CS(=O)(=O)[O-])cc1)C(C)[Si](C)(C)C. The maximum Gasteiger partial charge on any atom is 0.374 e. The number of fused-ring (bicyclic) bond motifs is 1. The van der Waals surface area contributed by atoms with E-state index in [1.165, 1.54) is 10.3 Å². The van der Waals surface area contributed by atoms with Gasteiger partial charge in [0.05, 0.1) is 14.1 Å². The first-order valence-electron chi connectivity index (χ1n) is 10.5. The topological polar surface area (TPSA) is 77.5 Å². The van der Waals surface area contributed by atoms with Crippen LogP contribution in [0.25, 0.3) is 23.3 Å². The molecule has 1 aromatic heterocycles. The zero-order valence-corrected chi connectivity index (χ0v) is 21.6. The van der Waals surface area contributed by atoms with Crippen molar-refractivity contribution in [2.45, 2.75) is 45.0 Å². The number of nitrogens with zero attached hydrogens (tertiary/aromatic N) is 2. The van der Waals surface area contributed by atoms with Crippen molar-refractivity contribution in [2.24, 2.45) is 0 Å². The third-order valence-electron chi connectivity index (χ3n) is 5.68. The molecule has 1 heterocycles. The van der Waals surface area contributed by atoms with Gasteiger partial charge in [-0.15, -0.1) is 4.57 Å². The van der Waals surface area contributed by atoms with Gasteiger partial charge in [0.2, 0.25) is 11.5 Å². The number of rotatable bonds is 8. The molecule has 0 aliphatic rings. The predicted molar refractivity (Wildman–Crippen MR) is 132 cm³/mol. The summed E-state index contributed by atoms with van der Waals surface area (Å²) < 4.78 is 41.4. The minimum absolute atomic E-state index is 0.258. The second-order valence-corrected chi connectivity index (χ2v) is 16.3. The Kier molecular flexibility index (Phi) is 7.19. The van der Waals surface area contributed by atoms with E-state index in [0.29, 0.717) is 21.8 Å². The average molecular weight is 493 g/mol. The summed E-state index contributed by atoms with van der Waals surface area (Å²) in [7, 11) is -5.86. The maximum absolute atomic E-state index is 11.4. The second kappa shape index (κ2) is 9.39. The Morgan fingerprint density at radius 3 is 2.38 bits per heavy atom. The first-order valence-corrected chi connectivity index (χ1v) is 16.0. The summed E-state index contributed by atoms with van der Waals surface area (Å²) in [6, 6.07) is 13.1. The van der Waals surface area contributed by atoms with Crippen LogP contribution in [-0.2, 0) is 16.0 Å². The minimum atomic E-state index is -4.52. The Hall–Kier alpha value is -2.13. The summed E-state index contributed by atoms with van der Waals surface area (Å²) >= 11 is 6.04.